The van der Waals surface area contributed by atoms with E-state index in [0.29, 0.717) is 22.1 Å². The van der Waals surface area contributed by atoms with Crippen molar-refractivity contribution in [1.82, 2.24) is 20.2 Å². The van der Waals surface area contributed by atoms with E-state index in [4.69, 9.17) is 4.74 Å². The van der Waals surface area contributed by atoms with E-state index in [-0.39, 0.29) is 5.88 Å². The Kier molecular flexibility index (Phi) is 4.50. The van der Waals surface area contributed by atoms with Crippen molar-refractivity contribution in [3.8, 4) is 22.8 Å². The van der Waals surface area contributed by atoms with Gasteiger partial charge in [0.05, 0.1) is 12.6 Å². The molecule has 3 amide bonds. The van der Waals surface area contributed by atoms with Crippen LogP contribution in [0, 0.1) is 0 Å². The summed E-state index contributed by atoms with van der Waals surface area (Å²) in [6.07, 6.45) is 3.40. The number of carbonyl (C=O) groups is 2. The maximum Gasteiger partial charge on any atom is 0.324 e. The minimum atomic E-state index is -1.65. The number of hydrogen-bond acceptors (Lipinski definition) is 5. The summed E-state index contributed by atoms with van der Waals surface area (Å²) in [5.41, 5.74) is 1.68. The second-order valence-electron chi connectivity index (χ2n) is 8.38. The van der Waals surface area contributed by atoms with Gasteiger partial charge in [-0.2, -0.15) is 0 Å². The number of methoxy groups -OCH3 is 1. The SMILES string of the molecule is COc1ccc2cn(C3(c4ccc(-c5ccc6ncccc6c5)cc4)NC(=O)NC3=O)c(O)c2c1. The second-order valence-corrected chi connectivity index (χ2v) is 8.38. The zero-order chi connectivity index (χ0) is 24.2. The summed E-state index contributed by atoms with van der Waals surface area (Å²) in [5.74, 6) is -0.189. The molecule has 35 heavy (non-hydrogen) atoms. The van der Waals surface area contributed by atoms with Crippen molar-refractivity contribution in [3.63, 3.8) is 0 Å². The third kappa shape index (κ3) is 3.11. The molecular formula is C27H20N4O4. The van der Waals surface area contributed by atoms with Gasteiger partial charge in [0.2, 0.25) is 11.5 Å². The number of fused-ring (bicyclic) bond motifs is 2. The zero-order valence-corrected chi connectivity index (χ0v) is 18.6. The van der Waals surface area contributed by atoms with Crippen LogP contribution >= 0.6 is 0 Å². The number of urea groups is 1. The fourth-order valence-corrected chi connectivity index (χ4v) is 4.67. The first kappa shape index (κ1) is 20.7. The number of nitrogens with zero attached hydrogens (tertiary/aromatic N) is 2. The zero-order valence-electron chi connectivity index (χ0n) is 18.6. The van der Waals surface area contributed by atoms with Gasteiger partial charge in [0.15, 0.2) is 0 Å². The summed E-state index contributed by atoms with van der Waals surface area (Å²) in [6, 6.07) is 21.8. The van der Waals surface area contributed by atoms with Gasteiger partial charge in [-0.15, -0.1) is 0 Å². The average molecular weight is 464 g/mol. The van der Waals surface area contributed by atoms with Gasteiger partial charge < -0.3 is 15.2 Å². The Morgan fingerprint density at radius 2 is 1.74 bits per heavy atom. The highest BCUT2D eigenvalue weighted by atomic mass is 16.5. The fraction of sp³-hybridized carbons (Fsp3) is 0.0741. The highest BCUT2D eigenvalue weighted by Gasteiger charge is 2.50. The van der Waals surface area contributed by atoms with Crippen molar-refractivity contribution in [2.45, 2.75) is 5.66 Å². The highest BCUT2D eigenvalue weighted by molar-refractivity contribution is 6.08. The maximum absolute atomic E-state index is 13.2. The molecule has 1 unspecified atom stereocenters. The number of amides is 3. The molecule has 0 aliphatic carbocycles. The Hall–Kier alpha value is -4.85. The van der Waals surface area contributed by atoms with Crippen molar-refractivity contribution >= 4 is 33.6 Å². The molecule has 1 aliphatic rings. The third-order valence-electron chi connectivity index (χ3n) is 6.45. The molecule has 0 radical (unpaired) electrons. The predicted octanol–water partition coefficient (Wildman–Crippen LogP) is 4.11. The summed E-state index contributed by atoms with van der Waals surface area (Å²) < 4.78 is 6.65. The molecule has 3 heterocycles. The van der Waals surface area contributed by atoms with E-state index >= 15 is 0 Å². The number of imide groups is 1. The van der Waals surface area contributed by atoms with Crippen LogP contribution in [0.1, 0.15) is 5.56 Å². The lowest BCUT2D eigenvalue weighted by atomic mass is 9.95. The fourth-order valence-electron chi connectivity index (χ4n) is 4.67. The maximum atomic E-state index is 13.2. The molecule has 1 aliphatic heterocycles. The smallest absolute Gasteiger partial charge is 0.324 e. The summed E-state index contributed by atoms with van der Waals surface area (Å²) in [5, 5.41) is 18.4. The number of benzene rings is 3. The number of pyridine rings is 1. The van der Waals surface area contributed by atoms with Gasteiger partial charge in [0.25, 0.3) is 5.91 Å². The molecule has 1 fully saturated rings. The van der Waals surface area contributed by atoms with E-state index in [1.54, 1.807) is 42.7 Å². The van der Waals surface area contributed by atoms with Crippen LogP contribution in [0.25, 0.3) is 32.8 Å². The summed E-state index contributed by atoms with van der Waals surface area (Å²) in [7, 11) is 1.54. The molecule has 1 atom stereocenters. The monoisotopic (exact) mass is 464 g/mol. The van der Waals surface area contributed by atoms with Gasteiger partial charge in [-0.3, -0.25) is 19.7 Å². The molecule has 0 saturated carbocycles. The molecule has 8 nitrogen and oxygen atoms in total. The van der Waals surface area contributed by atoms with Crippen molar-refractivity contribution in [2.75, 3.05) is 7.11 Å². The average Bonchev–Trinajstić information content (AvgIpc) is 3.39. The number of carbonyl (C=O) groups excluding carboxylic acids is 2. The molecule has 3 N–H and O–H groups in total. The molecule has 6 rings (SSSR count). The van der Waals surface area contributed by atoms with Crippen molar-refractivity contribution in [2.24, 2.45) is 0 Å². The molecular weight excluding hydrogens is 444 g/mol. The minimum Gasteiger partial charge on any atom is -0.497 e. The molecule has 172 valence electrons. The highest BCUT2D eigenvalue weighted by Crippen LogP contribution is 2.38. The number of nitrogens with one attached hydrogen (secondary N) is 2. The third-order valence-corrected chi connectivity index (χ3v) is 6.45. The van der Waals surface area contributed by atoms with Crippen LogP contribution in [-0.2, 0) is 10.5 Å². The minimum absolute atomic E-state index is 0.164. The number of aromatic nitrogens is 2. The first-order valence-corrected chi connectivity index (χ1v) is 11.0. The van der Waals surface area contributed by atoms with Crippen molar-refractivity contribution in [1.29, 1.82) is 0 Å². The van der Waals surface area contributed by atoms with Crippen LogP contribution in [0.15, 0.2) is 85.2 Å². The van der Waals surface area contributed by atoms with Gasteiger partial charge in [-0.05, 0) is 47.5 Å². The largest absolute Gasteiger partial charge is 0.497 e. The van der Waals surface area contributed by atoms with E-state index in [9.17, 15) is 14.7 Å². The quantitative estimate of drug-likeness (QED) is 0.347. The van der Waals surface area contributed by atoms with Crippen molar-refractivity contribution < 1.29 is 19.4 Å². The molecule has 8 heteroatoms. The Morgan fingerprint density at radius 3 is 2.49 bits per heavy atom. The summed E-state index contributed by atoms with van der Waals surface area (Å²) in [4.78, 5) is 29.9. The van der Waals surface area contributed by atoms with Gasteiger partial charge >= 0.3 is 6.03 Å². The Labute approximate surface area is 199 Å². The summed E-state index contributed by atoms with van der Waals surface area (Å²) in [6.45, 7) is 0. The molecule has 0 bridgehead atoms. The molecule has 5 aromatic rings. The summed E-state index contributed by atoms with van der Waals surface area (Å²) >= 11 is 0. The number of aromatic hydroxyl groups is 1. The van der Waals surface area contributed by atoms with Gasteiger partial charge in [-0.25, -0.2) is 4.79 Å². The first-order valence-electron chi connectivity index (χ1n) is 11.0. The first-order chi connectivity index (χ1) is 17.0. The van der Waals surface area contributed by atoms with Crippen LogP contribution < -0.4 is 15.4 Å². The lowest BCUT2D eigenvalue weighted by Crippen LogP contribution is -2.49. The van der Waals surface area contributed by atoms with E-state index in [0.717, 1.165) is 22.0 Å². The lowest BCUT2D eigenvalue weighted by Gasteiger charge is -2.29. The van der Waals surface area contributed by atoms with E-state index < -0.39 is 17.6 Å². The Bertz CT molecular complexity index is 1640. The van der Waals surface area contributed by atoms with E-state index in [1.165, 1.54) is 11.7 Å². The Morgan fingerprint density at radius 1 is 0.943 bits per heavy atom. The molecule has 2 aromatic heterocycles. The van der Waals surface area contributed by atoms with Gasteiger partial charge in [0.1, 0.15) is 5.75 Å². The molecule has 1 saturated heterocycles. The topological polar surface area (TPSA) is 105 Å². The number of rotatable bonds is 4. The molecule has 0 spiro atoms. The predicted molar refractivity (Wildman–Crippen MR) is 131 cm³/mol. The standard InChI is InChI=1S/C27H20N4O4/c1-35-21-10-6-19-15-31(24(32)22(19)14-21)27(25(33)29-26(34)30-27)20-8-4-16(5-9-20)17-7-11-23-18(13-17)3-2-12-28-23/h2-15,32H,1H3,(H2,29,30,33,34). The van der Waals surface area contributed by atoms with E-state index in [2.05, 4.69) is 21.7 Å². The van der Waals surface area contributed by atoms with Gasteiger partial charge in [0, 0.05) is 34.1 Å². The molecule has 3 aromatic carbocycles. The van der Waals surface area contributed by atoms with Crippen LogP contribution in [0.3, 0.4) is 0 Å². The van der Waals surface area contributed by atoms with Gasteiger partial charge in [-0.1, -0.05) is 36.4 Å². The normalized spacial score (nSPS) is 17.5. The van der Waals surface area contributed by atoms with Crippen LogP contribution in [0.5, 0.6) is 11.6 Å². The van der Waals surface area contributed by atoms with Crippen LogP contribution in [0.4, 0.5) is 4.79 Å². The number of hydrogen-bond donors (Lipinski definition) is 3. The Balaban J connectivity index is 1.48. The van der Waals surface area contributed by atoms with E-state index in [1.807, 2.05) is 36.4 Å². The van der Waals surface area contributed by atoms with Crippen molar-refractivity contribution in [3.05, 3.63) is 90.8 Å². The number of ether oxygens (including phenoxy) is 1. The lowest BCUT2D eigenvalue weighted by molar-refractivity contribution is -0.125. The second kappa shape index (κ2) is 7.59. The van der Waals surface area contributed by atoms with Crippen LogP contribution in [-0.4, -0.2) is 33.7 Å². The van der Waals surface area contributed by atoms with Crippen LogP contribution in [0.2, 0.25) is 0 Å².